The number of nitrogen functional groups attached to an aromatic ring is 1. The Morgan fingerprint density at radius 1 is 1.29 bits per heavy atom. The van der Waals surface area contributed by atoms with Crippen molar-refractivity contribution in [3.05, 3.63) is 47.0 Å². The van der Waals surface area contributed by atoms with Crippen LogP contribution >= 0.6 is 23.4 Å². The number of nitrogens with two attached hydrogens (primary N) is 1. The highest BCUT2D eigenvalue weighted by atomic mass is 35.5. The number of H-pyrrole nitrogens is 1. The molecule has 0 saturated heterocycles. The average molecular weight is 320 g/mol. The Kier molecular flexibility index (Phi) is 3.94. The van der Waals surface area contributed by atoms with Crippen molar-refractivity contribution in [3.63, 3.8) is 0 Å². The number of rotatable bonds is 4. The zero-order valence-corrected chi connectivity index (χ0v) is 13.0. The lowest BCUT2D eigenvalue weighted by Crippen LogP contribution is -1.92. The van der Waals surface area contributed by atoms with Crippen LogP contribution in [0.5, 0.6) is 5.75 Å². The number of imidazole rings is 1. The highest BCUT2D eigenvalue weighted by Crippen LogP contribution is 2.28. The van der Waals surface area contributed by atoms with Crippen LogP contribution < -0.4 is 10.5 Å². The number of halogens is 1. The Balaban J connectivity index is 1.78. The number of hydrogen-bond acceptors (Lipinski definition) is 4. The SMILES string of the molecule is COc1ccc2nc(SCc3ccc(Cl)cc3N)[nH]c2c1. The molecule has 4 nitrogen and oxygen atoms in total. The molecule has 3 N–H and O–H groups in total. The molecule has 3 rings (SSSR count). The lowest BCUT2D eigenvalue weighted by atomic mass is 10.2. The second kappa shape index (κ2) is 5.87. The number of ether oxygens (including phenoxy) is 1. The summed E-state index contributed by atoms with van der Waals surface area (Å²) in [5.41, 5.74) is 9.58. The maximum Gasteiger partial charge on any atom is 0.166 e. The third-order valence-electron chi connectivity index (χ3n) is 3.14. The molecular weight excluding hydrogens is 306 g/mol. The van der Waals surface area contributed by atoms with E-state index in [0.717, 1.165) is 33.3 Å². The lowest BCUT2D eigenvalue weighted by molar-refractivity contribution is 0.415. The molecule has 0 amide bonds. The first-order chi connectivity index (χ1) is 10.2. The normalized spacial score (nSPS) is 11.0. The number of methoxy groups -OCH3 is 1. The minimum atomic E-state index is 0.650. The molecule has 0 saturated carbocycles. The summed E-state index contributed by atoms with van der Waals surface area (Å²) in [4.78, 5) is 7.81. The maximum absolute atomic E-state index is 5.95. The number of anilines is 1. The fourth-order valence-electron chi connectivity index (χ4n) is 2.00. The summed E-state index contributed by atoms with van der Waals surface area (Å²) in [5, 5.41) is 1.50. The van der Waals surface area contributed by atoms with Gasteiger partial charge >= 0.3 is 0 Å². The summed E-state index contributed by atoms with van der Waals surface area (Å²) < 4.78 is 5.20. The second-order valence-corrected chi connectivity index (χ2v) is 5.96. The maximum atomic E-state index is 5.95. The number of aromatic amines is 1. The lowest BCUT2D eigenvalue weighted by Gasteiger charge is -2.04. The summed E-state index contributed by atoms with van der Waals surface area (Å²) >= 11 is 7.50. The van der Waals surface area contributed by atoms with Crippen LogP contribution in [0.2, 0.25) is 5.02 Å². The van der Waals surface area contributed by atoms with Gasteiger partial charge in [-0.25, -0.2) is 4.98 Å². The van der Waals surface area contributed by atoms with Crippen molar-refractivity contribution < 1.29 is 4.74 Å². The van der Waals surface area contributed by atoms with Crippen LogP contribution in [0.25, 0.3) is 11.0 Å². The van der Waals surface area contributed by atoms with Gasteiger partial charge in [-0.15, -0.1) is 0 Å². The van der Waals surface area contributed by atoms with Gasteiger partial charge in [0.1, 0.15) is 5.75 Å². The van der Waals surface area contributed by atoms with Crippen LogP contribution in [0.3, 0.4) is 0 Å². The van der Waals surface area contributed by atoms with E-state index >= 15 is 0 Å². The van der Waals surface area contributed by atoms with Crippen molar-refractivity contribution in [3.8, 4) is 5.75 Å². The fourth-order valence-corrected chi connectivity index (χ4v) is 3.08. The van der Waals surface area contributed by atoms with Crippen LogP contribution in [0.4, 0.5) is 5.69 Å². The molecule has 0 radical (unpaired) electrons. The van der Waals surface area contributed by atoms with E-state index in [2.05, 4.69) is 9.97 Å². The molecular formula is C15H14ClN3OS. The van der Waals surface area contributed by atoms with Gasteiger partial charge < -0.3 is 15.5 Å². The van der Waals surface area contributed by atoms with Gasteiger partial charge in [0.15, 0.2) is 5.16 Å². The van der Waals surface area contributed by atoms with E-state index in [1.54, 1.807) is 24.9 Å². The van der Waals surface area contributed by atoms with Crippen molar-refractivity contribution in [1.82, 2.24) is 9.97 Å². The highest BCUT2D eigenvalue weighted by molar-refractivity contribution is 7.98. The second-order valence-electron chi connectivity index (χ2n) is 4.56. The first-order valence-corrected chi connectivity index (χ1v) is 7.72. The van der Waals surface area contributed by atoms with Gasteiger partial charge in [0.25, 0.3) is 0 Å². The highest BCUT2D eigenvalue weighted by Gasteiger charge is 2.06. The molecule has 3 aromatic rings. The molecule has 0 fully saturated rings. The van der Waals surface area contributed by atoms with Crippen molar-refractivity contribution in [2.24, 2.45) is 0 Å². The minimum Gasteiger partial charge on any atom is -0.497 e. The fraction of sp³-hybridized carbons (Fsp3) is 0.133. The molecule has 0 spiro atoms. The van der Waals surface area contributed by atoms with Gasteiger partial charge in [-0.05, 0) is 29.8 Å². The van der Waals surface area contributed by atoms with Gasteiger partial charge in [-0.1, -0.05) is 29.4 Å². The molecule has 0 unspecified atom stereocenters. The molecule has 6 heteroatoms. The summed E-state index contributed by atoms with van der Waals surface area (Å²) in [6.45, 7) is 0. The summed E-state index contributed by atoms with van der Waals surface area (Å²) in [6, 6.07) is 11.3. The number of nitrogens with zero attached hydrogens (tertiary/aromatic N) is 1. The number of benzene rings is 2. The summed E-state index contributed by atoms with van der Waals surface area (Å²) in [7, 11) is 1.65. The average Bonchev–Trinajstić information content (AvgIpc) is 2.88. The van der Waals surface area contributed by atoms with Crippen molar-refractivity contribution >= 4 is 40.1 Å². The van der Waals surface area contributed by atoms with Gasteiger partial charge in [-0.2, -0.15) is 0 Å². The summed E-state index contributed by atoms with van der Waals surface area (Å²) in [6.07, 6.45) is 0. The predicted octanol–water partition coefficient (Wildman–Crippen LogP) is 4.10. The van der Waals surface area contributed by atoms with Gasteiger partial charge in [-0.3, -0.25) is 0 Å². The predicted molar refractivity (Wildman–Crippen MR) is 88.1 cm³/mol. The molecule has 2 aromatic carbocycles. The zero-order chi connectivity index (χ0) is 14.8. The molecule has 0 aliphatic heterocycles. The van der Waals surface area contributed by atoms with E-state index in [-0.39, 0.29) is 0 Å². The number of aromatic nitrogens is 2. The van der Waals surface area contributed by atoms with Crippen molar-refractivity contribution in [2.45, 2.75) is 10.9 Å². The first kappa shape index (κ1) is 14.1. The Bertz CT molecular complexity index is 788. The zero-order valence-electron chi connectivity index (χ0n) is 11.4. The number of fused-ring (bicyclic) bond motifs is 1. The Labute approximate surface area is 131 Å². The van der Waals surface area contributed by atoms with Crippen LogP contribution in [0.1, 0.15) is 5.56 Å². The van der Waals surface area contributed by atoms with Gasteiger partial charge in [0.2, 0.25) is 0 Å². The van der Waals surface area contributed by atoms with E-state index in [1.165, 1.54) is 0 Å². The third-order valence-corrected chi connectivity index (χ3v) is 4.30. The third kappa shape index (κ3) is 3.09. The molecule has 0 bridgehead atoms. The number of thioether (sulfide) groups is 1. The van der Waals surface area contributed by atoms with Gasteiger partial charge in [0.05, 0.1) is 18.1 Å². The van der Waals surface area contributed by atoms with E-state index < -0.39 is 0 Å². The summed E-state index contributed by atoms with van der Waals surface area (Å²) in [5.74, 6) is 1.55. The van der Waals surface area contributed by atoms with Crippen LogP contribution in [-0.4, -0.2) is 17.1 Å². The standard InChI is InChI=1S/C15H14ClN3OS/c1-20-11-4-5-13-14(7-11)19-15(18-13)21-8-9-2-3-10(16)6-12(9)17/h2-7H,8,17H2,1H3,(H,18,19). The van der Waals surface area contributed by atoms with E-state index in [4.69, 9.17) is 22.1 Å². The smallest absolute Gasteiger partial charge is 0.166 e. The topological polar surface area (TPSA) is 63.9 Å². The van der Waals surface area contributed by atoms with Crippen LogP contribution in [-0.2, 0) is 5.75 Å². The van der Waals surface area contributed by atoms with E-state index in [1.807, 2.05) is 30.3 Å². The molecule has 1 aromatic heterocycles. The van der Waals surface area contributed by atoms with Crippen LogP contribution in [0.15, 0.2) is 41.6 Å². The largest absolute Gasteiger partial charge is 0.497 e. The first-order valence-electron chi connectivity index (χ1n) is 6.36. The Hall–Kier alpha value is -1.85. The van der Waals surface area contributed by atoms with E-state index in [0.29, 0.717) is 10.7 Å². The molecule has 1 heterocycles. The number of hydrogen-bond donors (Lipinski definition) is 2. The Morgan fingerprint density at radius 2 is 2.14 bits per heavy atom. The quantitative estimate of drug-likeness (QED) is 0.561. The molecule has 21 heavy (non-hydrogen) atoms. The molecule has 108 valence electrons. The monoisotopic (exact) mass is 319 g/mol. The molecule has 0 aliphatic carbocycles. The number of nitrogens with one attached hydrogen (secondary N) is 1. The van der Waals surface area contributed by atoms with Gasteiger partial charge in [0, 0.05) is 22.5 Å². The van der Waals surface area contributed by atoms with E-state index in [9.17, 15) is 0 Å². The Morgan fingerprint density at radius 3 is 2.90 bits per heavy atom. The van der Waals surface area contributed by atoms with Crippen molar-refractivity contribution in [2.75, 3.05) is 12.8 Å². The van der Waals surface area contributed by atoms with Crippen LogP contribution in [0, 0.1) is 0 Å². The molecule has 0 aliphatic rings. The van der Waals surface area contributed by atoms with Crippen molar-refractivity contribution in [1.29, 1.82) is 0 Å². The minimum absolute atomic E-state index is 0.650. The molecule has 0 atom stereocenters.